The lowest BCUT2D eigenvalue weighted by atomic mass is 9.94. The number of allylic oxidation sites excluding steroid dienone is 1. The van der Waals surface area contributed by atoms with E-state index in [4.69, 9.17) is 18.9 Å². The van der Waals surface area contributed by atoms with Crippen molar-refractivity contribution in [1.82, 2.24) is 9.97 Å². The van der Waals surface area contributed by atoms with Gasteiger partial charge in [-0.3, -0.25) is 4.79 Å². The van der Waals surface area contributed by atoms with E-state index >= 15 is 0 Å². The zero-order valence-electron chi connectivity index (χ0n) is 26.0. The van der Waals surface area contributed by atoms with Crippen LogP contribution in [0, 0.1) is 0 Å². The van der Waals surface area contributed by atoms with Crippen LogP contribution in [0.5, 0.6) is 17.2 Å². The van der Waals surface area contributed by atoms with Crippen LogP contribution in [0.4, 0.5) is 8.63 Å². The van der Waals surface area contributed by atoms with E-state index in [-0.39, 0.29) is 11.5 Å². The van der Waals surface area contributed by atoms with Crippen molar-refractivity contribution >= 4 is 83.6 Å². The minimum absolute atomic E-state index is 0.185. The summed E-state index contributed by atoms with van der Waals surface area (Å²) in [4.78, 5) is 20.0. The molecule has 10 heteroatoms. The summed E-state index contributed by atoms with van der Waals surface area (Å²) in [5.74, 6) is 0.527. The highest BCUT2D eigenvalue weighted by molar-refractivity contribution is 6.48. The molecule has 9 aromatic rings. The van der Waals surface area contributed by atoms with E-state index in [2.05, 4.69) is 52.4 Å². The second-order valence-corrected chi connectivity index (χ2v) is 11.8. The summed E-state index contributed by atoms with van der Waals surface area (Å²) >= 11 is 0. The molecular formula is C38H25BF2N2O5. The van der Waals surface area contributed by atoms with Gasteiger partial charge in [-0.2, -0.15) is 0 Å². The molecule has 48 heavy (non-hydrogen) atoms. The maximum atomic E-state index is 14.0. The van der Waals surface area contributed by atoms with Crippen molar-refractivity contribution in [3.63, 3.8) is 0 Å². The van der Waals surface area contributed by atoms with Crippen LogP contribution >= 0.6 is 0 Å². The van der Waals surface area contributed by atoms with Crippen LogP contribution in [0.25, 0.3) is 81.7 Å². The monoisotopic (exact) mass is 638 g/mol. The quantitative estimate of drug-likeness (QED) is 0.0541. The molecule has 9 rings (SSSR count). The Labute approximate surface area is 271 Å². The Bertz CT molecular complexity index is 2700. The lowest BCUT2D eigenvalue weighted by Gasteiger charge is -2.13. The number of H-pyrrole nitrogens is 2. The Morgan fingerprint density at radius 3 is 1.88 bits per heavy atom. The summed E-state index contributed by atoms with van der Waals surface area (Å²) < 4.78 is 49.4. The number of aromatic nitrogens is 2. The van der Waals surface area contributed by atoms with E-state index in [1.54, 1.807) is 24.3 Å². The first-order valence-electron chi connectivity index (χ1n) is 15.3. The standard InChI is InChI=1S/C38H25BF2N2O5/c1-45-29-14-21(15-30(46-2)38(29)47-3)25-12-13-26(43-25)27(44)16-28(48-39(40)41)37-34-23-11-9-20-7-5-18-4-6-19-8-10-22(24(34)17-42-37)35-32(19)31(18)33(20)36(23)35/h4-17,42-43H,1-3H3/b28-16+. The molecule has 0 bridgehead atoms. The number of aromatic amines is 2. The predicted octanol–water partition coefficient (Wildman–Crippen LogP) is 9.43. The molecule has 7 aromatic carbocycles. The topological polar surface area (TPSA) is 85.6 Å². The molecule has 0 aliphatic heterocycles. The lowest BCUT2D eigenvalue weighted by molar-refractivity contribution is 0.104. The van der Waals surface area contributed by atoms with Gasteiger partial charge in [0.15, 0.2) is 11.5 Å². The number of methoxy groups -OCH3 is 3. The van der Waals surface area contributed by atoms with Crippen molar-refractivity contribution in [2.75, 3.05) is 21.3 Å². The predicted molar refractivity (Wildman–Crippen MR) is 187 cm³/mol. The number of rotatable bonds is 9. The molecule has 7 nitrogen and oxygen atoms in total. The largest absolute Gasteiger partial charge is 0.796 e. The van der Waals surface area contributed by atoms with E-state index < -0.39 is 13.3 Å². The summed E-state index contributed by atoms with van der Waals surface area (Å²) in [5.41, 5.74) is 1.75. The Kier molecular flexibility index (Phi) is 6.02. The summed E-state index contributed by atoms with van der Waals surface area (Å²) in [6.07, 6.45) is 2.91. The van der Waals surface area contributed by atoms with E-state index in [0.29, 0.717) is 39.6 Å². The normalized spacial score (nSPS) is 12.5. The van der Waals surface area contributed by atoms with Gasteiger partial charge in [0.1, 0.15) is 5.76 Å². The number of nitrogens with one attached hydrogen (secondary N) is 2. The molecule has 0 saturated heterocycles. The number of hydrogen-bond acceptors (Lipinski definition) is 5. The van der Waals surface area contributed by atoms with Gasteiger partial charge in [0.25, 0.3) is 0 Å². The van der Waals surface area contributed by atoms with Gasteiger partial charge < -0.3 is 28.8 Å². The SMILES string of the molecule is COc1cc(-c2ccc(C(=O)/C=C(/OB(F)F)c3[nH]cc4c5ccc6ccc7ccc8ccc(c34)c3c8c7c6c53)[nH]2)cc(OC)c1OC. The van der Waals surface area contributed by atoms with Crippen LogP contribution < -0.4 is 14.2 Å². The molecule has 0 unspecified atom stereocenters. The molecule has 0 amide bonds. The number of ketones is 1. The van der Waals surface area contributed by atoms with Gasteiger partial charge in [0.2, 0.25) is 11.5 Å². The zero-order chi connectivity index (χ0) is 32.8. The van der Waals surface area contributed by atoms with Gasteiger partial charge in [-0.15, -0.1) is 0 Å². The van der Waals surface area contributed by atoms with Crippen molar-refractivity contribution in [3.05, 3.63) is 96.5 Å². The number of benzene rings is 6. The highest BCUT2D eigenvalue weighted by atomic mass is 19.2. The Balaban J connectivity index is 1.21. The van der Waals surface area contributed by atoms with Gasteiger partial charge in [-0.25, -0.2) is 8.63 Å². The third-order valence-electron chi connectivity index (χ3n) is 9.49. The molecule has 0 fully saturated rings. The van der Waals surface area contributed by atoms with Crippen molar-refractivity contribution in [1.29, 1.82) is 0 Å². The number of halogens is 2. The average molecular weight is 638 g/mol. The Morgan fingerprint density at radius 2 is 1.27 bits per heavy atom. The van der Waals surface area contributed by atoms with Crippen LogP contribution in [0.2, 0.25) is 0 Å². The third kappa shape index (κ3) is 3.83. The molecule has 2 N–H and O–H groups in total. The van der Waals surface area contributed by atoms with E-state index in [9.17, 15) is 13.4 Å². The third-order valence-corrected chi connectivity index (χ3v) is 9.49. The first-order valence-corrected chi connectivity index (χ1v) is 15.3. The summed E-state index contributed by atoms with van der Waals surface area (Å²) in [6, 6.07) is 23.6. The number of carbonyl (C=O) groups is 1. The fraction of sp³-hybridized carbons (Fsp3) is 0.0789. The maximum absolute atomic E-state index is 14.0. The number of carbonyl (C=O) groups excluding carboxylic acids is 1. The number of ether oxygens (including phenoxy) is 3. The van der Waals surface area contributed by atoms with Crippen molar-refractivity contribution in [2.45, 2.75) is 0 Å². The zero-order valence-corrected chi connectivity index (χ0v) is 26.0. The molecule has 0 spiro atoms. The minimum atomic E-state index is -3.16. The Hall–Kier alpha value is -6.03. The molecule has 0 atom stereocenters. The average Bonchev–Trinajstić information content (AvgIpc) is 3.86. The van der Waals surface area contributed by atoms with Gasteiger partial charge >= 0.3 is 7.47 Å². The van der Waals surface area contributed by atoms with Crippen molar-refractivity contribution < 1.29 is 32.3 Å². The molecule has 0 saturated carbocycles. The molecular weight excluding hydrogens is 613 g/mol. The van der Waals surface area contributed by atoms with Crippen LogP contribution in [0.1, 0.15) is 16.2 Å². The smallest absolute Gasteiger partial charge is 0.503 e. The Morgan fingerprint density at radius 1 is 0.688 bits per heavy atom. The highest BCUT2D eigenvalue weighted by Gasteiger charge is 2.28. The van der Waals surface area contributed by atoms with E-state index in [1.165, 1.54) is 32.1 Å². The van der Waals surface area contributed by atoms with E-state index in [1.807, 2.05) is 12.3 Å². The summed E-state index contributed by atoms with van der Waals surface area (Å²) in [7, 11) is 1.39. The molecule has 234 valence electrons. The second-order valence-electron chi connectivity index (χ2n) is 11.8. The van der Waals surface area contributed by atoms with Crippen molar-refractivity contribution in [2.24, 2.45) is 0 Å². The van der Waals surface area contributed by atoms with Gasteiger partial charge in [-0.1, -0.05) is 48.5 Å². The van der Waals surface area contributed by atoms with Crippen LogP contribution in [0.3, 0.4) is 0 Å². The highest BCUT2D eigenvalue weighted by Crippen LogP contribution is 2.51. The molecule has 2 aromatic heterocycles. The van der Waals surface area contributed by atoms with Gasteiger partial charge in [-0.05, 0) is 78.1 Å². The fourth-order valence-corrected chi connectivity index (χ4v) is 7.51. The summed E-state index contributed by atoms with van der Waals surface area (Å²) in [5, 5.41) is 12.7. The maximum Gasteiger partial charge on any atom is 0.796 e. The summed E-state index contributed by atoms with van der Waals surface area (Å²) in [6.45, 7) is 0. The van der Waals surface area contributed by atoms with Gasteiger partial charge in [0, 0.05) is 34.3 Å². The minimum Gasteiger partial charge on any atom is -0.503 e. The molecule has 0 aliphatic carbocycles. The molecule has 0 aliphatic rings. The van der Waals surface area contributed by atoms with E-state index in [0.717, 1.165) is 54.6 Å². The van der Waals surface area contributed by atoms with Crippen molar-refractivity contribution in [3.8, 4) is 28.5 Å². The first kappa shape index (κ1) is 28.2. The lowest BCUT2D eigenvalue weighted by Crippen LogP contribution is -2.07. The van der Waals surface area contributed by atoms with Crippen LogP contribution in [-0.4, -0.2) is 44.6 Å². The molecule has 0 radical (unpaired) electrons. The van der Waals surface area contributed by atoms with Crippen LogP contribution in [-0.2, 0) is 4.65 Å². The van der Waals surface area contributed by atoms with Crippen LogP contribution in [0.15, 0.2) is 85.1 Å². The number of fused-ring (bicyclic) bond motifs is 3. The fourth-order valence-electron chi connectivity index (χ4n) is 7.51. The first-order chi connectivity index (χ1) is 23.4. The second kappa shape index (κ2) is 10.2. The number of hydrogen-bond donors (Lipinski definition) is 2. The van der Waals surface area contributed by atoms with Gasteiger partial charge in [0.05, 0.1) is 32.7 Å². The molecule has 2 heterocycles.